The number of carbonyl (C=O) groups excluding carboxylic acids is 2. The first-order chi connectivity index (χ1) is 9.99. The second-order valence-corrected chi connectivity index (χ2v) is 5.84. The van der Waals surface area contributed by atoms with E-state index in [1.165, 1.54) is 4.90 Å². The maximum Gasteiger partial charge on any atom is 0.329 e. The molecule has 2 rings (SSSR count). The van der Waals surface area contributed by atoms with E-state index in [0.717, 1.165) is 12.8 Å². The fourth-order valence-corrected chi connectivity index (χ4v) is 2.94. The summed E-state index contributed by atoms with van der Waals surface area (Å²) in [4.78, 5) is 36.8. The number of amides is 3. The molecule has 1 saturated heterocycles. The summed E-state index contributed by atoms with van der Waals surface area (Å²) in [6.45, 7) is 2.22. The van der Waals surface area contributed by atoms with E-state index in [1.807, 2.05) is 6.92 Å². The van der Waals surface area contributed by atoms with Gasteiger partial charge in [-0.25, -0.2) is 9.59 Å². The molecule has 2 fully saturated rings. The lowest BCUT2D eigenvalue weighted by atomic mass is 9.91. The summed E-state index contributed by atoms with van der Waals surface area (Å²) in [5, 5.41) is 14.8. The average molecular weight is 297 g/mol. The predicted molar refractivity (Wildman–Crippen MR) is 75.8 cm³/mol. The van der Waals surface area contributed by atoms with E-state index in [2.05, 4.69) is 10.6 Å². The van der Waals surface area contributed by atoms with E-state index in [-0.39, 0.29) is 18.5 Å². The third kappa shape index (κ3) is 3.46. The molecule has 1 unspecified atom stereocenters. The van der Waals surface area contributed by atoms with Crippen molar-refractivity contribution < 1.29 is 19.5 Å². The van der Waals surface area contributed by atoms with Crippen molar-refractivity contribution in [2.45, 2.75) is 57.0 Å². The van der Waals surface area contributed by atoms with Crippen LogP contribution in [0.25, 0.3) is 0 Å². The number of aliphatic carboxylic acids is 1. The molecule has 0 aromatic heterocycles. The molecule has 118 valence electrons. The van der Waals surface area contributed by atoms with Gasteiger partial charge in [-0.2, -0.15) is 0 Å². The van der Waals surface area contributed by atoms with Crippen molar-refractivity contribution in [2.24, 2.45) is 0 Å². The Morgan fingerprint density at radius 2 is 2.05 bits per heavy atom. The fourth-order valence-electron chi connectivity index (χ4n) is 2.94. The van der Waals surface area contributed by atoms with Gasteiger partial charge in [0, 0.05) is 12.6 Å². The van der Waals surface area contributed by atoms with Crippen LogP contribution < -0.4 is 10.6 Å². The minimum atomic E-state index is -1.12. The van der Waals surface area contributed by atoms with Crippen molar-refractivity contribution >= 4 is 17.9 Å². The summed E-state index contributed by atoms with van der Waals surface area (Å²) in [6, 6.07) is -0.214. The van der Waals surface area contributed by atoms with Gasteiger partial charge in [0.2, 0.25) is 5.91 Å². The molecule has 1 atom stereocenters. The molecule has 1 heterocycles. The van der Waals surface area contributed by atoms with Crippen molar-refractivity contribution in [2.75, 3.05) is 13.1 Å². The van der Waals surface area contributed by atoms with Crippen LogP contribution in [-0.2, 0) is 9.59 Å². The quantitative estimate of drug-likeness (QED) is 0.672. The van der Waals surface area contributed by atoms with Crippen molar-refractivity contribution in [1.29, 1.82) is 0 Å². The lowest BCUT2D eigenvalue weighted by Gasteiger charge is -2.34. The molecule has 1 aliphatic heterocycles. The second kappa shape index (κ2) is 6.32. The van der Waals surface area contributed by atoms with Crippen LogP contribution in [0.3, 0.4) is 0 Å². The van der Waals surface area contributed by atoms with E-state index >= 15 is 0 Å². The van der Waals surface area contributed by atoms with Gasteiger partial charge in [0.25, 0.3) is 0 Å². The summed E-state index contributed by atoms with van der Waals surface area (Å²) < 4.78 is 0. The molecule has 7 nitrogen and oxygen atoms in total. The number of hydrogen-bond acceptors (Lipinski definition) is 3. The molecule has 0 spiro atoms. The number of nitrogens with one attached hydrogen (secondary N) is 2. The van der Waals surface area contributed by atoms with Gasteiger partial charge in [0.1, 0.15) is 5.54 Å². The third-order valence-electron chi connectivity index (χ3n) is 4.14. The first-order valence-electron chi connectivity index (χ1n) is 7.58. The molecule has 1 saturated carbocycles. The standard InChI is InChI=1S/C14H23N3O4/c1-2-6-14(12(19)20)7-3-8-17(14)13(21)15-9-11(18)16-10-4-5-10/h10H,2-9H2,1H3,(H,15,21)(H,16,18)(H,19,20). The molecule has 3 N–H and O–H groups in total. The first kappa shape index (κ1) is 15.6. The van der Waals surface area contributed by atoms with Gasteiger partial charge in [0.15, 0.2) is 0 Å². The molecule has 1 aliphatic carbocycles. The van der Waals surface area contributed by atoms with E-state index < -0.39 is 17.5 Å². The summed E-state index contributed by atoms with van der Waals surface area (Å²) in [7, 11) is 0. The zero-order valence-corrected chi connectivity index (χ0v) is 12.4. The van der Waals surface area contributed by atoms with Gasteiger partial charge in [-0.3, -0.25) is 4.79 Å². The van der Waals surface area contributed by atoms with Crippen LogP contribution in [0.2, 0.25) is 0 Å². The number of likely N-dealkylation sites (tertiary alicyclic amines) is 1. The smallest absolute Gasteiger partial charge is 0.329 e. The largest absolute Gasteiger partial charge is 0.479 e. The number of nitrogens with zero attached hydrogens (tertiary/aromatic N) is 1. The monoisotopic (exact) mass is 297 g/mol. The minimum Gasteiger partial charge on any atom is -0.479 e. The van der Waals surface area contributed by atoms with Crippen LogP contribution in [0.4, 0.5) is 4.79 Å². The SMILES string of the molecule is CCCC1(C(=O)O)CCCN1C(=O)NCC(=O)NC1CC1. The fraction of sp³-hybridized carbons (Fsp3) is 0.786. The Hall–Kier alpha value is -1.79. The Balaban J connectivity index is 1.92. The molecule has 2 aliphatic rings. The van der Waals surface area contributed by atoms with E-state index in [4.69, 9.17) is 0 Å². The molecule has 0 aromatic carbocycles. The van der Waals surface area contributed by atoms with Crippen LogP contribution in [-0.4, -0.2) is 52.6 Å². The van der Waals surface area contributed by atoms with Crippen LogP contribution in [0.5, 0.6) is 0 Å². The summed E-state index contributed by atoms with van der Waals surface area (Å²) in [5.74, 6) is -1.18. The summed E-state index contributed by atoms with van der Waals surface area (Å²) >= 11 is 0. The maximum absolute atomic E-state index is 12.2. The van der Waals surface area contributed by atoms with E-state index in [9.17, 15) is 19.5 Å². The summed E-state index contributed by atoms with van der Waals surface area (Å²) in [5.41, 5.74) is -1.12. The van der Waals surface area contributed by atoms with Crippen LogP contribution in [0.1, 0.15) is 45.4 Å². The number of hydrogen-bond donors (Lipinski definition) is 3. The lowest BCUT2D eigenvalue weighted by Crippen LogP contribution is -2.56. The zero-order valence-electron chi connectivity index (χ0n) is 12.4. The molecule has 3 amide bonds. The zero-order chi connectivity index (χ0) is 15.5. The second-order valence-electron chi connectivity index (χ2n) is 5.84. The number of urea groups is 1. The highest BCUT2D eigenvalue weighted by molar-refractivity contribution is 5.89. The topological polar surface area (TPSA) is 98.7 Å². The number of rotatable bonds is 6. The van der Waals surface area contributed by atoms with E-state index in [1.54, 1.807) is 0 Å². The Bertz CT molecular complexity index is 436. The van der Waals surface area contributed by atoms with Gasteiger partial charge < -0.3 is 20.6 Å². The molecular formula is C14H23N3O4. The van der Waals surface area contributed by atoms with E-state index in [0.29, 0.717) is 32.2 Å². The summed E-state index contributed by atoms with van der Waals surface area (Å²) in [6.07, 6.45) is 4.25. The molecule has 0 bridgehead atoms. The van der Waals surface area contributed by atoms with Crippen LogP contribution in [0, 0.1) is 0 Å². The normalized spacial score (nSPS) is 24.7. The highest BCUT2D eigenvalue weighted by Crippen LogP contribution is 2.34. The Morgan fingerprint density at radius 3 is 2.62 bits per heavy atom. The third-order valence-corrected chi connectivity index (χ3v) is 4.14. The Morgan fingerprint density at radius 1 is 1.33 bits per heavy atom. The molecule has 0 aromatic rings. The van der Waals surface area contributed by atoms with Gasteiger partial charge in [-0.05, 0) is 32.1 Å². The highest BCUT2D eigenvalue weighted by Gasteiger charge is 2.49. The van der Waals surface area contributed by atoms with Gasteiger partial charge in [0.05, 0.1) is 6.54 Å². The number of carboxylic acids is 1. The van der Waals surface area contributed by atoms with Crippen LogP contribution >= 0.6 is 0 Å². The van der Waals surface area contributed by atoms with Gasteiger partial charge >= 0.3 is 12.0 Å². The lowest BCUT2D eigenvalue weighted by molar-refractivity contribution is -0.148. The van der Waals surface area contributed by atoms with Crippen LogP contribution in [0.15, 0.2) is 0 Å². The van der Waals surface area contributed by atoms with Crippen molar-refractivity contribution in [3.63, 3.8) is 0 Å². The number of carbonyl (C=O) groups is 3. The van der Waals surface area contributed by atoms with Crippen molar-refractivity contribution in [3.05, 3.63) is 0 Å². The first-order valence-corrected chi connectivity index (χ1v) is 7.58. The van der Waals surface area contributed by atoms with Crippen molar-refractivity contribution in [1.82, 2.24) is 15.5 Å². The molecule has 7 heteroatoms. The molecule has 21 heavy (non-hydrogen) atoms. The molecular weight excluding hydrogens is 274 g/mol. The maximum atomic E-state index is 12.2. The Kier molecular flexibility index (Phi) is 4.69. The van der Waals surface area contributed by atoms with Gasteiger partial charge in [-0.1, -0.05) is 13.3 Å². The number of carboxylic acid groups (broad SMARTS) is 1. The molecule has 0 radical (unpaired) electrons. The highest BCUT2D eigenvalue weighted by atomic mass is 16.4. The minimum absolute atomic E-state index is 0.104. The predicted octanol–water partition coefficient (Wildman–Crippen LogP) is 0.694. The van der Waals surface area contributed by atoms with Gasteiger partial charge in [-0.15, -0.1) is 0 Å². The average Bonchev–Trinajstić information content (AvgIpc) is 3.13. The van der Waals surface area contributed by atoms with Crippen molar-refractivity contribution in [3.8, 4) is 0 Å². The Labute approximate surface area is 124 Å².